The van der Waals surface area contributed by atoms with Gasteiger partial charge in [0.05, 0.1) is 12.6 Å². The van der Waals surface area contributed by atoms with Gasteiger partial charge < -0.3 is 26.2 Å². The molecular weight excluding hydrogens is 438 g/mol. The maximum atomic E-state index is 12.7. The van der Waals surface area contributed by atoms with Gasteiger partial charge in [-0.1, -0.05) is 48.5 Å². The second-order valence-electron chi connectivity index (χ2n) is 8.25. The number of amides is 3. The van der Waals surface area contributed by atoms with E-state index in [0.29, 0.717) is 18.5 Å². The molecule has 0 bridgehead atoms. The Balaban J connectivity index is 1.45. The number of hydrogen-bond acceptors (Lipinski definition) is 6. The second kappa shape index (κ2) is 11.4. The van der Waals surface area contributed by atoms with Crippen molar-refractivity contribution in [1.29, 1.82) is 5.41 Å². The van der Waals surface area contributed by atoms with Crippen LogP contribution in [0.4, 0.5) is 4.79 Å². The molecule has 10 heteroatoms. The van der Waals surface area contributed by atoms with Gasteiger partial charge in [0.2, 0.25) is 11.8 Å². The van der Waals surface area contributed by atoms with Crippen molar-refractivity contribution in [3.63, 3.8) is 0 Å². The van der Waals surface area contributed by atoms with E-state index in [-0.39, 0.29) is 36.7 Å². The Hall–Kier alpha value is -3.76. The number of carboxylic acid groups (broad SMARTS) is 1. The van der Waals surface area contributed by atoms with Crippen molar-refractivity contribution >= 4 is 23.7 Å². The monoisotopic (exact) mass is 467 g/mol. The fourth-order valence-corrected chi connectivity index (χ4v) is 3.82. The first kappa shape index (κ1) is 24.9. The molecular formula is C24H29N5O5. The van der Waals surface area contributed by atoms with E-state index in [0.717, 1.165) is 16.7 Å². The zero-order valence-electron chi connectivity index (χ0n) is 18.8. The lowest BCUT2D eigenvalue weighted by Crippen LogP contribution is -2.49. The predicted molar refractivity (Wildman–Crippen MR) is 125 cm³/mol. The molecule has 0 aliphatic carbocycles. The molecule has 3 amide bonds. The molecule has 180 valence electrons. The highest BCUT2D eigenvalue weighted by Gasteiger charge is 2.31. The Morgan fingerprint density at radius 2 is 1.88 bits per heavy atom. The van der Waals surface area contributed by atoms with Crippen LogP contribution in [0.5, 0.6) is 0 Å². The summed E-state index contributed by atoms with van der Waals surface area (Å²) in [6.45, 7) is 2.46. The first-order valence-electron chi connectivity index (χ1n) is 11.0. The maximum absolute atomic E-state index is 12.7. The summed E-state index contributed by atoms with van der Waals surface area (Å²) >= 11 is 0. The Labute approximate surface area is 197 Å². The summed E-state index contributed by atoms with van der Waals surface area (Å²) in [6, 6.07) is 13.1. The van der Waals surface area contributed by atoms with E-state index in [1.54, 1.807) is 31.2 Å². The zero-order valence-corrected chi connectivity index (χ0v) is 18.8. The number of rotatable bonds is 8. The minimum atomic E-state index is -1.31. The third kappa shape index (κ3) is 6.63. The van der Waals surface area contributed by atoms with Crippen LogP contribution in [0, 0.1) is 5.41 Å². The van der Waals surface area contributed by atoms with Gasteiger partial charge in [0, 0.05) is 18.7 Å². The molecule has 3 rings (SSSR count). The van der Waals surface area contributed by atoms with Gasteiger partial charge >= 0.3 is 6.09 Å². The molecule has 1 heterocycles. The minimum Gasteiger partial charge on any atom is -0.465 e. The molecule has 34 heavy (non-hydrogen) atoms. The summed E-state index contributed by atoms with van der Waals surface area (Å²) in [7, 11) is 0. The van der Waals surface area contributed by atoms with Gasteiger partial charge in [0.25, 0.3) is 0 Å². The van der Waals surface area contributed by atoms with E-state index >= 15 is 0 Å². The van der Waals surface area contributed by atoms with Gasteiger partial charge in [-0.15, -0.1) is 0 Å². The van der Waals surface area contributed by atoms with Crippen LogP contribution in [0.3, 0.4) is 0 Å². The van der Waals surface area contributed by atoms with Crippen molar-refractivity contribution in [2.45, 2.75) is 44.5 Å². The van der Waals surface area contributed by atoms with Crippen molar-refractivity contribution in [3.05, 3.63) is 70.8 Å². The lowest BCUT2D eigenvalue weighted by Gasteiger charge is -2.17. The van der Waals surface area contributed by atoms with E-state index in [4.69, 9.17) is 10.5 Å². The van der Waals surface area contributed by atoms with Gasteiger partial charge in [-0.2, -0.15) is 0 Å². The third-order valence-corrected chi connectivity index (χ3v) is 5.75. The highest BCUT2D eigenvalue weighted by Crippen LogP contribution is 2.26. The van der Waals surface area contributed by atoms with Crippen LogP contribution >= 0.6 is 0 Å². The zero-order chi connectivity index (χ0) is 24.7. The summed E-state index contributed by atoms with van der Waals surface area (Å²) in [5, 5.41) is 36.3. The van der Waals surface area contributed by atoms with E-state index in [2.05, 4.69) is 16.0 Å². The van der Waals surface area contributed by atoms with Crippen molar-refractivity contribution in [3.8, 4) is 0 Å². The number of nitrogens with one attached hydrogen (secondary N) is 5. The molecule has 1 fully saturated rings. The molecule has 0 saturated carbocycles. The molecule has 3 atom stereocenters. The number of amidine groups is 1. The smallest absolute Gasteiger partial charge is 0.410 e. The average molecular weight is 468 g/mol. The average Bonchev–Trinajstić information content (AvgIpc) is 3.33. The summed E-state index contributed by atoms with van der Waals surface area (Å²) < 4.78 is 0. The number of carbonyl (C=O) groups excluding carboxylic acids is 2. The van der Waals surface area contributed by atoms with Crippen molar-refractivity contribution in [2.75, 3.05) is 6.54 Å². The van der Waals surface area contributed by atoms with Crippen molar-refractivity contribution in [1.82, 2.24) is 21.3 Å². The normalized spacial score (nSPS) is 18.1. The lowest BCUT2D eigenvalue weighted by molar-refractivity contribution is -0.129. The molecule has 2 aromatic rings. The van der Waals surface area contributed by atoms with E-state index < -0.39 is 18.2 Å². The topological polar surface area (TPSA) is 164 Å². The van der Waals surface area contributed by atoms with Gasteiger partial charge in [0.1, 0.15) is 11.9 Å². The summed E-state index contributed by atoms with van der Waals surface area (Å²) in [5.74, 6) is -0.648. The Kier molecular flexibility index (Phi) is 8.34. The lowest BCUT2D eigenvalue weighted by atomic mass is 9.94. The van der Waals surface area contributed by atoms with Crippen LogP contribution < -0.4 is 21.3 Å². The molecule has 1 aliphatic heterocycles. The number of aliphatic hydroxyl groups is 1. The molecule has 0 aromatic heterocycles. The Morgan fingerprint density at radius 1 is 1.15 bits per heavy atom. The SMILES string of the molecule is CC(NC(=O)C1C[C@H](c2cccc(CO)c2)CN1)C(=O)NCc1ccc(C(=N)NC(=O)O)cc1. The fourth-order valence-electron chi connectivity index (χ4n) is 3.82. The third-order valence-electron chi connectivity index (χ3n) is 5.75. The van der Waals surface area contributed by atoms with Crippen LogP contribution in [0.15, 0.2) is 48.5 Å². The van der Waals surface area contributed by atoms with Crippen LogP contribution in [-0.4, -0.2) is 52.6 Å². The number of benzene rings is 2. The predicted octanol–water partition coefficient (Wildman–Crippen LogP) is 1.04. The molecule has 1 saturated heterocycles. The van der Waals surface area contributed by atoms with Crippen LogP contribution in [0.2, 0.25) is 0 Å². The van der Waals surface area contributed by atoms with Crippen LogP contribution in [-0.2, 0) is 22.7 Å². The number of carbonyl (C=O) groups is 3. The molecule has 0 radical (unpaired) electrons. The summed E-state index contributed by atoms with van der Waals surface area (Å²) in [6.07, 6.45) is -0.704. The quantitative estimate of drug-likeness (QED) is 0.226. The molecule has 7 N–H and O–H groups in total. The molecule has 0 spiro atoms. The molecule has 2 unspecified atom stereocenters. The second-order valence-corrected chi connectivity index (χ2v) is 8.25. The molecule has 1 aliphatic rings. The number of aliphatic hydroxyl groups excluding tert-OH is 1. The van der Waals surface area contributed by atoms with Gasteiger partial charge in [-0.05, 0) is 36.0 Å². The maximum Gasteiger partial charge on any atom is 0.410 e. The van der Waals surface area contributed by atoms with E-state index in [1.165, 1.54) is 0 Å². The number of hydrogen-bond donors (Lipinski definition) is 7. The highest BCUT2D eigenvalue weighted by atomic mass is 16.4. The Bertz CT molecular complexity index is 1060. The summed E-state index contributed by atoms with van der Waals surface area (Å²) in [4.78, 5) is 35.7. The fraction of sp³-hybridized carbons (Fsp3) is 0.333. The van der Waals surface area contributed by atoms with Crippen LogP contribution in [0.25, 0.3) is 0 Å². The van der Waals surface area contributed by atoms with Gasteiger partial charge in [0.15, 0.2) is 0 Å². The molecule has 10 nitrogen and oxygen atoms in total. The van der Waals surface area contributed by atoms with Gasteiger partial charge in [-0.3, -0.25) is 20.3 Å². The van der Waals surface area contributed by atoms with E-state index in [9.17, 15) is 19.5 Å². The van der Waals surface area contributed by atoms with E-state index in [1.807, 2.05) is 29.6 Å². The largest absolute Gasteiger partial charge is 0.465 e. The molecule has 2 aromatic carbocycles. The standard InChI is InChI=1S/C24H29N5O5/c1-14(22(31)27-11-15-5-7-17(8-6-15)21(25)29-24(33)34)28-23(32)20-10-19(12-26-20)18-4-2-3-16(9-18)13-30/h2-9,14,19-20,26,30H,10-13H2,1H3,(H2,25,29)(H,27,31)(H,28,32)(H,33,34)/t14?,19-,20?/m0/s1. The first-order valence-corrected chi connectivity index (χ1v) is 11.0. The van der Waals surface area contributed by atoms with Crippen molar-refractivity contribution < 1.29 is 24.6 Å². The van der Waals surface area contributed by atoms with Crippen LogP contribution in [0.1, 0.15) is 41.5 Å². The van der Waals surface area contributed by atoms with Crippen molar-refractivity contribution in [2.24, 2.45) is 0 Å². The van der Waals surface area contributed by atoms with Gasteiger partial charge in [-0.25, -0.2) is 4.79 Å². The Morgan fingerprint density at radius 3 is 2.56 bits per heavy atom. The highest BCUT2D eigenvalue weighted by molar-refractivity contribution is 6.04. The minimum absolute atomic E-state index is 0.0275. The summed E-state index contributed by atoms with van der Waals surface area (Å²) in [5.41, 5.74) is 3.08. The first-order chi connectivity index (χ1) is 16.3.